The van der Waals surface area contributed by atoms with E-state index in [1.807, 2.05) is 0 Å². The zero-order valence-electron chi connectivity index (χ0n) is 11.6. The van der Waals surface area contributed by atoms with Crippen molar-refractivity contribution in [3.63, 3.8) is 0 Å². The van der Waals surface area contributed by atoms with Crippen LogP contribution in [0.5, 0.6) is 0 Å². The molecule has 1 saturated carbocycles. The molecular formula is C16H17BrFNO2. The number of ketones is 1. The van der Waals surface area contributed by atoms with Crippen molar-refractivity contribution in [3.05, 3.63) is 34.1 Å². The van der Waals surface area contributed by atoms with Gasteiger partial charge in [-0.1, -0.05) is 15.9 Å². The summed E-state index contributed by atoms with van der Waals surface area (Å²) < 4.78 is 14.0. The van der Waals surface area contributed by atoms with E-state index in [1.165, 1.54) is 12.1 Å². The number of halogens is 2. The average molecular weight is 354 g/mol. The fraction of sp³-hybridized carbons (Fsp3) is 0.500. The number of Topliss-reactive ketones (excluding diaryl/α,β-unsaturated/α-hetero) is 1. The van der Waals surface area contributed by atoms with Crippen molar-refractivity contribution >= 4 is 27.6 Å². The predicted molar refractivity (Wildman–Crippen MR) is 80.5 cm³/mol. The van der Waals surface area contributed by atoms with E-state index >= 15 is 0 Å². The van der Waals surface area contributed by atoms with Gasteiger partial charge in [-0.2, -0.15) is 0 Å². The molecule has 2 fully saturated rings. The standard InChI is InChI=1S/C16H17BrFNO2/c17-11-7-10(8-12(18)9-11)16(21)19-6-2-4-14(19)13-3-1-5-15(13)20/h7-9,13-14H,1-6H2. The van der Waals surface area contributed by atoms with E-state index in [0.717, 1.165) is 25.7 Å². The number of hydrogen-bond donors (Lipinski definition) is 0. The highest BCUT2D eigenvalue weighted by Gasteiger charge is 2.40. The van der Waals surface area contributed by atoms with E-state index in [4.69, 9.17) is 0 Å². The zero-order valence-corrected chi connectivity index (χ0v) is 13.2. The molecule has 2 aliphatic rings. The Morgan fingerprint density at radius 1 is 1.24 bits per heavy atom. The third kappa shape index (κ3) is 2.89. The minimum absolute atomic E-state index is 0.00505. The van der Waals surface area contributed by atoms with Gasteiger partial charge >= 0.3 is 0 Å². The lowest BCUT2D eigenvalue weighted by molar-refractivity contribution is -0.121. The van der Waals surface area contributed by atoms with Crippen molar-refractivity contribution in [1.82, 2.24) is 4.90 Å². The topological polar surface area (TPSA) is 37.4 Å². The third-order valence-electron chi connectivity index (χ3n) is 4.49. The van der Waals surface area contributed by atoms with Crippen LogP contribution < -0.4 is 0 Å². The summed E-state index contributed by atoms with van der Waals surface area (Å²) in [6.45, 7) is 0.654. The highest BCUT2D eigenvalue weighted by atomic mass is 79.9. The Kier molecular flexibility index (Phi) is 4.11. The summed E-state index contributed by atoms with van der Waals surface area (Å²) in [6, 6.07) is 4.23. The summed E-state index contributed by atoms with van der Waals surface area (Å²) in [5, 5.41) is 0. The fourth-order valence-electron chi connectivity index (χ4n) is 3.56. The van der Waals surface area contributed by atoms with Crippen LogP contribution in [-0.4, -0.2) is 29.2 Å². The first-order chi connectivity index (χ1) is 10.1. The lowest BCUT2D eigenvalue weighted by Crippen LogP contribution is -2.41. The Morgan fingerprint density at radius 2 is 2.05 bits per heavy atom. The molecular weight excluding hydrogens is 337 g/mol. The molecule has 0 bridgehead atoms. The largest absolute Gasteiger partial charge is 0.335 e. The molecule has 0 aromatic heterocycles. The van der Waals surface area contributed by atoms with E-state index in [-0.39, 0.29) is 23.7 Å². The van der Waals surface area contributed by atoms with Crippen LogP contribution in [0.2, 0.25) is 0 Å². The number of rotatable bonds is 2. The summed E-state index contributed by atoms with van der Waals surface area (Å²) >= 11 is 3.22. The molecule has 1 aliphatic carbocycles. The number of amides is 1. The number of carbonyl (C=O) groups is 2. The van der Waals surface area contributed by atoms with Crippen LogP contribution in [0.25, 0.3) is 0 Å². The van der Waals surface area contributed by atoms with E-state index in [9.17, 15) is 14.0 Å². The van der Waals surface area contributed by atoms with Gasteiger partial charge in [-0.3, -0.25) is 9.59 Å². The summed E-state index contributed by atoms with van der Waals surface area (Å²) in [5.74, 6) is -0.341. The van der Waals surface area contributed by atoms with Gasteiger partial charge in [0, 0.05) is 35.0 Å². The number of hydrogen-bond acceptors (Lipinski definition) is 2. The monoisotopic (exact) mass is 353 g/mol. The van der Waals surface area contributed by atoms with Crippen LogP contribution in [-0.2, 0) is 4.79 Å². The van der Waals surface area contributed by atoms with Gasteiger partial charge in [0.2, 0.25) is 0 Å². The van der Waals surface area contributed by atoms with Crippen molar-refractivity contribution in [2.45, 2.75) is 38.1 Å². The molecule has 5 heteroatoms. The molecule has 1 amide bonds. The van der Waals surface area contributed by atoms with Gasteiger partial charge in [-0.25, -0.2) is 4.39 Å². The summed E-state index contributed by atoms with van der Waals surface area (Å²) in [4.78, 5) is 26.4. The van der Waals surface area contributed by atoms with Gasteiger partial charge in [0.25, 0.3) is 5.91 Å². The smallest absolute Gasteiger partial charge is 0.254 e. The molecule has 0 spiro atoms. The first-order valence-electron chi connectivity index (χ1n) is 7.36. The van der Waals surface area contributed by atoms with Crippen LogP contribution in [0.3, 0.4) is 0 Å². The number of benzene rings is 1. The van der Waals surface area contributed by atoms with Gasteiger partial charge in [0.1, 0.15) is 11.6 Å². The molecule has 1 saturated heterocycles. The number of nitrogens with zero attached hydrogens (tertiary/aromatic N) is 1. The van der Waals surface area contributed by atoms with E-state index in [0.29, 0.717) is 23.0 Å². The molecule has 2 atom stereocenters. The van der Waals surface area contributed by atoms with Gasteiger partial charge in [-0.05, 0) is 43.9 Å². The summed E-state index contributed by atoms with van der Waals surface area (Å²) in [5.41, 5.74) is 0.347. The van der Waals surface area contributed by atoms with Crippen molar-refractivity contribution in [3.8, 4) is 0 Å². The second kappa shape index (κ2) is 5.87. The van der Waals surface area contributed by atoms with Crippen LogP contribution >= 0.6 is 15.9 Å². The quantitative estimate of drug-likeness (QED) is 0.814. The second-order valence-corrected chi connectivity index (χ2v) is 6.75. The first kappa shape index (κ1) is 14.7. The maximum Gasteiger partial charge on any atom is 0.254 e. The van der Waals surface area contributed by atoms with Crippen molar-refractivity contribution in [2.24, 2.45) is 5.92 Å². The Balaban J connectivity index is 1.84. The van der Waals surface area contributed by atoms with Crippen molar-refractivity contribution in [2.75, 3.05) is 6.54 Å². The minimum atomic E-state index is -0.430. The van der Waals surface area contributed by atoms with Crippen LogP contribution in [0, 0.1) is 11.7 Å². The number of carbonyl (C=O) groups excluding carboxylic acids is 2. The first-order valence-corrected chi connectivity index (χ1v) is 8.15. The molecule has 112 valence electrons. The van der Waals surface area contributed by atoms with Gasteiger partial charge < -0.3 is 4.90 Å². The van der Waals surface area contributed by atoms with Gasteiger partial charge in [0.15, 0.2) is 0 Å². The van der Waals surface area contributed by atoms with Crippen molar-refractivity contribution in [1.29, 1.82) is 0 Å². The Labute approximate surface area is 131 Å². The molecule has 3 rings (SSSR count). The normalized spacial score (nSPS) is 25.6. The second-order valence-electron chi connectivity index (χ2n) is 5.83. The fourth-order valence-corrected chi connectivity index (χ4v) is 4.02. The van der Waals surface area contributed by atoms with Crippen LogP contribution in [0.1, 0.15) is 42.5 Å². The molecule has 1 heterocycles. The highest BCUT2D eigenvalue weighted by molar-refractivity contribution is 9.10. The Morgan fingerprint density at radius 3 is 2.71 bits per heavy atom. The molecule has 3 nitrogen and oxygen atoms in total. The van der Waals surface area contributed by atoms with E-state index in [2.05, 4.69) is 15.9 Å². The molecule has 0 N–H and O–H groups in total. The summed E-state index contributed by atoms with van der Waals surface area (Å²) in [6.07, 6.45) is 4.22. The molecule has 2 unspecified atom stereocenters. The SMILES string of the molecule is O=C1CCCC1C1CCCN1C(=O)c1cc(F)cc(Br)c1. The lowest BCUT2D eigenvalue weighted by atomic mass is 9.94. The molecule has 21 heavy (non-hydrogen) atoms. The maximum absolute atomic E-state index is 13.5. The predicted octanol–water partition coefficient (Wildman–Crippen LogP) is 3.56. The average Bonchev–Trinajstić information content (AvgIpc) is 3.04. The molecule has 1 aliphatic heterocycles. The zero-order chi connectivity index (χ0) is 15.0. The molecule has 1 aromatic carbocycles. The van der Waals surface area contributed by atoms with Crippen LogP contribution in [0.4, 0.5) is 4.39 Å². The lowest BCUT2D eigenvalue weighted by Gasteiger charge is -2.28. The Hall–Kier alpha value is -1.23. The van der Waals surface area contributed by atoms with Gasteiger partial charge in [0.05, 0.1) is 0 Å². The number of likely N-dealkylation sites (tertiary alicyclic amines) is 1. The summed E-state index contributed by atoms with van der Waals surface area (Å²) in [7, 11) is 0. The van der Waals surface area contributed by atoms with Gasteiger partial charge in [-0.15, -0.1) is 0 Å². The van der Waals surface area contributed by atoms with Crippen molar-refractivity contribution < 1.29 is 14.0 Å². The third-order valence-corrected chi connectivity index (χ3v) is 4.94. The van der Waals surface area contributed by atoms with E-state index < -0.39 is 5.82 Å². The maximum atomic E-state index is 13.5. The molecule has 0 radical (unpaired) electrons. The molecule has 1 aromatic rings. The van der Waals surface area contributed by atoms with E-state index in [1.54, 1.807) is 11.0 Å². The van der Waals surface area contributed by atoms with Crippen LogP contribution in [0.15, 0.2) is 22.7 Å². The Bertz CT molecular complexity index is 569. The highest BCUT2D eigenvalue weighted by Crippen LogP contribution is 2.34. The minimum Gasteiger partial charge on any atom is -0.335 e.